The van der Waals surface area contributed by atoms with Crippen LogP contribution in [0.2, 0.25) is 5.02 Å². The minimum Gasteiger partial charge on any atom is -0.398 e. The number of nitrogens with two attached hydrogens (primary N) is 1. The second-order valence-electron chi connectivity index (χ2n) is 2.56. The first-order valence-electron chi connectivity index (χ1n) is 3.71. The summed E-state index contributed by atoms with van der Waals surface area (Å²) in [5.41, 5.74) is 7.19. The highest BCUT2D eigenvalue weighted by Crippen LogP contribution is 2.19. The van der Waals surface area contributed by atoms with Gasteiger partial charge in [-0.2, -0.15) is 0 Å². The monoisotopic (exact) mass is 183 g/mol. The van der Waals surface area contributed by atoms with Crippen LogP contribution in [0.5, 0.6) is 0 Å². The molecule has 3 heteroatoms. The van der Waals surface area contributed by atoms with Gasteiger partial charge in [0.25, 0.3) is 0 Å². The fourth-order valence-electron chi connectivity index (χ4n) is 0.974. The largest absolute Gasteiger partial charge is 0.398 e. The average molecular weight is 184 g/mol. The van der Waals surface area contributed by atoms with E-state index in [0.717, 1.165) is 18.3 Å². The van der Waals surface area contributed by atoms with E-state index in [1.807, 2.05) is 6.07 Å². The number of aldehydes is 1. The third kappa shape index (κ3) is 2.24. The predicted octanol–water partition coefficient (Wildman–Crippen LogP) is 2.05. The van der Waals surface area contributed by atoms with Gasteiger partial charge in [0.05, 0.1) is 10.7 Å². The Bertz CT molecular complexity index is 286. The van der Waals surface area contributed by atoms with Gasteiger partial charge in [0, 0.05) is 6.42 Å². The van der Waals surface area contributed by atoms with Crippen molar-refractivity contribution in [3.8, 4) is 0 Å². The van der Waals surface area contributed by atoms with Crippen molar-refractivity contribution in [1.82, 2.24) is 0 Å². The predicted molar refractivity (Wildman–Crippen MR) is 50.2 cm³/mol. The molecule has 1 rings (SSSR count). The summed E-state index contributed by atoms with van der Waals surface area (Å²) in [4.78, 5) is 10.1. The minimum atomic E-state index is 0.529. The van der Waals surface area contributed by atoms with Gasteiger partial charge in [0.15, 0.2) is 0 Å². The number of hydrogen-bond acceptors (Lipinski definition) is 2. The summed E-state index contributed by atoms with van der Waals surface area (Å²) in [6.45, 7) is 0. The molecule has 1 aromatic carbocycles. The highest BCUT2D eigenvalue weighted by molar-refractivity contribution is 6.33. The highest BCUT2D eigenvalue weighted by atomic mass is 35.5. The molecule has 1 aromatic rings. The summed E-state index contributed by atoms with van der Waals surface area (Å²) in [6.07, 6.45) is 2.15. The third-order valence-electron chi connectivity index (χ3n) is 1.61. The van der Waals surface area contributed by atoms with E-state index in [0.29, 0.717) is 17.1 Å². The molecule has 64 valence electrons. The fourth-order valence-corrected chi connectivity index (χ4v) is 1.09. The average Bonchev–Trinajstić information content (AvgIpc) is 2.07. The lowest BCUT2D eigenvalue weighted by atomic mass is 10.1. The number of anilines is 1. The van der Waals surface area contributed by atoms with Crippen LogP contribution in [0.1, 0.15) is 12.0 Å². The SMILES string of the molecule is Nc1cc(CCC=O)ccc1Cl. The molecule has 0 atom stereocenters. The Labute approximate surface area is 76.3 Å². The van der Waals surface area contributed by atoms with Crippen molar-refractivity contribution in [3.05, 3.63) is 28.8 Å². The minimum absolute atomic E-state index is 0.529. The lowest BCUT2D eigenvalue weighted by Gasteiger charge is -2.01. The first-order valence-corrected chi connectivity index (χ1v) is 4.09. The Kier molecular flexibility index (Phi) is 3.11. The second kappa shape index (κ2) is 4.12. The smallest absolute Gasteiger partial charge is 0.120 e. The van der Waals surface area contributed by atoms with E-state index in [1.165, 1.54) is 0 Å². The third-order valence-corrected chi connectivity index (χ3v) is 1.96. The normalized spacial score (nSPS) is 9.75. The summed E-state index contributed by atoms with van der Waals surface area (Å²) in [7, 11) is 0. The maximum absolute atomic E-state index is 10.1. The van der Waals surface area contributed by atoms with Gasteiger partial charge >= 0.3 is 0 Å². The van der Waals surface area contributed by atoms with Gasteiger partial charge in [0.2, 0.25) is 0 Å². The van der Waals surface area contributed by atoms with Crippen molar-refractivity contribution in [2.75, 3.05) is 5.73 Å². The van der Waals surface area contributed by atoms with Gasteiger partial charge in [-0.3, -0.25) is 0 Å². The van der Waals surface area contributed by atoms with Gasteiger partial charge in [-0.05, 0) is 24.1 Å². The maximum Gasteiger partial charge on any atom is 0.120 e. The standard InChI is InChI=1S/C9H10ClNO/c10-8-4-3-7(2-1-5-12)6-9(8)11/h3-6H,1-2,11H2. The Morgan fingerprint density at radius 2 is 2.25 bits per heavy atom. The summed E-state index contributed by atoms with van der Waals surface area (Å²) < 4.78 is 0. The molecule has 0 amide bonds. The molecule has 0 unspecified atom stereocenters. The van der Waals surface area contributed by atoms with Gasteiger partial charge in [-0.15, -0.1) is 0 Å². The molecule has 0 bridgehead atoms. The van der Waals surface area contributed by atoms with E-state index in [4.69, 9.17) is 17.3 Å². The second-order valence-corrected chi connectivity index (χ2v) is 2.97. The topological polar surface area (TPSA) is 43.1 Å². The molecular formula is C9H10ClNO. The lowest BCUT2D eigenvalue weighted by molar-refractivity contribution is -0.107. The van der Waals surface area contributed by atoms with Crippen LogP contribution in [-0.2, 0) is 11.2 Å². The lowest BCUT2D eigenvalue weighted by Crippen LogP contribution is -1.90. The van der Waals surface area contributed by atoms with Crippen LogP contribution in [0.4, 0.5) is 5.69 Å². The Morgan fingerprint density at radius 1 is 1.50 bits per heavy atom. The van der Waals surface area contributed by atoms with Crippen molar-refractivity contribution >= 4 is 23.6 Å². The quantitative estimate of drug-likeness (QED) is 0.576. The summed E-state index contributed by atoms with van der Waals surface area (Å²) in [6, 6.07) is 5.42. The first kappa shape index (κ1) is 9.07. The van der Waals surface area contributed by atoms with Crippen LogP contribution in [0.25, 0.3) is 0 Å². The Balaban J connectivity index is 2.75. The van der Waals surface area contributed by atoms with Gasteiger partial charge < -0.3 is 10.5 Å². The van der Waals surface area contributed by atoms with Crippen LogP contribution >= 0.6 is 11.6 Å². The van der Waals surface area contributed by atoms with Gasteiger partial charge in [-0.1, -0.05) is 17.7 Å². The Morgan fingerprint density at radius 3 is 2.83 bits per heavy atom. The maximum atomic E-state index is 10.1. The van der Waals surface area contributed by atoms with Crippen molar-refractivity contribution in [2.45, 2.75) is 12.8 Å². The number of nitrogen functional groups attached to an aromatic ring is 1. The van der Waals surface area contributed by atoms with Crippen LogP contribution < -0.4 is 5.73 Å². The molecule has 0 aliphatic heterocycles. The van der Waals surface area contributed by atoms with Crippen LogP contribution in [0, 0.1) is 0 Å². The molecule has 0 aliphatic carbocycles. The zero-order valence-corrected chi connectivity index (χ0v) is 7.34. The molecule has 0 radical (unpaired) electrons. The van der Waals surface area contributed by atoms with E-state index >= 15 is 0 Å². The first-order chi connectivity index (χ1) is 5.74. The number of halogens is 1. The van der Waals surface area contributed by atoms with Gasteiger partial charge in [0.1, 0.15) is 6.29 Å². The van der Waals surface area contributed by atoms with Crippen LogP contribution in [0.15, 0.2) is 18.2 Å². The zero-order valence-electron chi connectivity index (χ0n) is 6.59. The number of hydrogen-bond donors (Lipinski definition) is 1. The molecule has 0 saturated heterocycles. The van der Waals surface area contributed by atoms with Crippen LogP contribution in [0.3, 0.4) is 0 Å². The molecule has 0 aliphatic rings. The van der Waals surface area contributed by atoms with E-state index in [1.54, 1.807) is 12.1 Å². The molecule has 2 N–H and O–H groups in total. The van der Waals surface area contributed by atoms with Crippen molar-refractivity contribution in [1.29, 1.82) is 0 Å². The number of rotatable bonds is 3. The molecule has 12 heavy (non-hydrogen) atoms. The van der Waals surface area contributed by atoms with Crippen LogP contribution in [-0.4, -0.2) is 6.29 Å². The molecule has 0 saturated carbocycles. The molecule has 0 fully saturated rings. The summed E-state index contributed by atoms with van der Waals surface area (Å²) >= 11 is 5.72. The highest BCUT2D eigenvalue weighted by Gasteiger charge is 1.97. The molecular weight excluding hydrogens is 174 g/mol. The van der Waals surface area contributed by atoms with E-state index in [2.05, 4.69) is 0 Å². The number of carbonyl (C=O) groups is 1. The van der Waals surface area contributed by atoms with E-state index in [9.17, 15) is 4.79 Å². The molecule has 0 aromatic heterocycles. The number of aryl methyl sites for hydroxylation is 1. The molecule has 0 heterocycles. The van der Waals surface area contributed by atoms with Crippen molar-refractivity contribution in [2.24, 2.45) is 0 Å². The molecule has 2 nitrogen and oxygen atoms in total. The summed E-state index contributed by atoms with van der Waals surface area (Å²) in [5, 5.41) is 0.560. The summed E-state index contributed by atoms with van der Waals surface area (Å²) in [5.74, 6) is 0. The van der Waals surface area contributed by atoms with E-state index in [-0.39, 0.29) is 0 Å². The Hall–Kier alpha value is -1.02. The van der Waals surface area contributed by atoms with Crippen molar-refractivity contribution in [3.63, 3.8) is 0 Å². The van der Waals surface area contributed by atoms with E-state index < -0.39 is 0 Å². The number of benzene rings is 1. The number of carbonyl (C=O) groups excluding carboxylic acids is 1. The zero-order chi connectivity index (χ0) is 8.97. The molecule has 0 spiro atoms. The van der Waals surface area contributed by atoms with Gasteiger partial charge in [-0.25, -0.2) is 0 Å². The fraction of sp³-hybridized carbons (Fsp3) is 0.222. The van der Waals surface area contributed by atoms with Crippen molar-refractivity contribution < 1.29 is 4.79 Å².